The van der Waals surface area contributed by atoms with Gasteiger partial charge in [0, 0.05) is 17.8 Å². The second-order valence-corrected chi connectivity index (χ2v) is 6.67. The molecular formula is C12H25NS. The molecule has 0 aromatic rings. The van der Waals surface area contributed by atoms with E-state index in [1.54, 1.807) is 0 Å². The summed E-state index contributed by atoms with van der Waals surface area (Å²) in [4.78, 5) is 0. The molecule has 0 aliphatic heterocycles. The zero-order chi connectivity index (χ0) is 10.6. The molecule has 1 N–H and O–H groups in total. The van der Waals surface area contributed by atoms with Crippen molar-refractivity contribution in [3.05, 3.63) is 0 Å². The van der Waals surface area contributed by atoms with Crippen molar-refractivity contribution in [2.24, 2.45) is 5.41 Å². The quantitative estimate of drug-likeness (QED) is 0.772. The van der Waals surface area contributed by atoms with Crippen molar-refractivity contribution in [3.63, 3.8) is 0 Å². The van der Waals surface area contributed by atoms with E-state index in [1.807, 2.05) is 11.8 Å². The molecule has 1 atom stereocenters. The minimum Gasteiger partial charge on any atom is -0.313 e. The Morgan fingerprint density at radius 3 is 2.43 bits per heavy atom. The highest BCUT2D eigenvalue weighted by atomic mass is 32.2. The van der Waals surface area contributed by atoms with Crippen LogP contribution in [0, 0.1) is 5.41 Å². The van der Waals surface area contributed by atoms with Gasteiger partial charge in [-0.1, -0.05) is 20.8 Å². The molecule has 0 radical (unpaired) electrons. The smallest absolute Gasteiger partial charge is 0.0141 e. The first-order valence-corrected chi connectivity index (χ1v) is 7.08. The fourth-order valence-corrected chi connectivity index (χ4v) is 2.28. The van der Waals surface area contributed by atoms with E-state index in [2.05, 4.69) is 32.3 Å². The van der Waals surface area contributed by atoms with Crippen LogP contribution in [0.25, 0.3) is 0 Å². The Kier molecular flexibility index (Phi) is 4.78. The Morgan fingerprint density at radius 2 is 1.93 bits per heavy atom. The summed E-state index contributed by atoms with van der Waals surface area (Å²) in [6.07, 6.45) is 7.70. The van der Waals surface area contributed by atoms with Gasteiger partial charge in [0.25, 0.3) is 0 Å². The van der Waals surface area contributed by atoms with E-state index in [0.717, 1.165) is 11.3 Å². The highest BCUT2D eigenvalue weighted by molar-refractivity contribution is 7.99. The molecule has 1 aliphatic rings. The SMILES string of the molecule is CSC(C)CNC1CCC(C)(C)CC1. The van der Waals surface area contributed by atoms with E-state index in [9.17, 15) is 0 Å². The van der Waals surface area contributed by atoms with Crippen LogP contribution in [0.5, 0.6) is 0 Å². The van der Waals surface area contributed by atoms with Gasteiger partial charge in [0.15, 0.2) is 0 Å². The molecule has 1 nitrogen and oxygen atoms in total. The molecule has 0 amide bonds. The maximum atomic E-state index is 3.69. The lowest BCUT2D eigenvalue weighted by Crippen LogP contribution is -2.38. The Morgan fingerprint density at radius 1 is 1.36 bits per heavy atom. The molecule has 1 fully saturated rings. The first kappa shape index (κ1) is 12.4. The summed E-state index contributed by atoms with van der Waals surface area (Å²) in [5.41, 5.74) is 0.600. The highest BCUT2D eigenvalue weighted by Crippen LogP contribution is 2.34. The monoisotopic (exact) mass is 215 g/mol. The van der Waals surface area contributed by atoms with Crippen molar-refractivity contribution in [2.45, 2.75) is 57.7 Å². The maximum absolute atomic E-state index is 3.69. The fraction of sp³-hybridized carbons (Fsp3) is 1.00. The van der Waals surface area contributed by atoms with Gasteiger partial charge in [-0.15, -0.1) is 0 Å². The normalized spacial score (nSPS) is 24.9. The molecule has 2 heteroatoms. The highest BCUT2D eigenvalue weighted by Gasteiger charge is 2.26. The van der Waals surface area contributed by atoms with E-state index in [-0.39, 0.29) is 0 Å². The molecule has 0 aromatic carbocycles. The van der Waals surface area contributed by atoms with Crippen LogP contribution in [0.2, 0.25) is 0 Å². The lowest BCUT2D eigenvalue weighted by molar-refractivity contribution is 0.207. The van der Waals surface area contributed by atoms with Crippen molar-refractivity contribution >= 4 is 11.8 Å². The maximum Gasteiger partial charge on any atom is 0.0141 e. The summed E-state index contributed by atoms with van der Waals surface area (Å²) in [6.45, 7) is 8.26. The lowest BCUT2D eigenvalue weighted by atomic mass is 9.75. The number of nitrogens with one attached hydrogen (secondary N) is 1. The topological polar surface area (TPSA) is 12.0 Å². The van der Waals surface area contributed by atoms with Gasteiger partial charge in [-0.05, 0) is 37.4 Å². The third-order valence-corrected chi connectivity index (χ3v) is 4.41. The largest absolute Gasteiger partial charge is 0.313 e. The molecule has 84 valence electrons. The van der Waals surface area contributed by atoms with Gasteiger partial charge < -0.3 is 5.32 Å². The van der Waals surface area contributed by atoms with Crippen molar-refractivity contribution in [3.8, 4) is 0 Å². The van der Waals surface area contributed by atoms with Crippen molar-refractivity contribution < 1.29 is 0 Å². The van der Waals surface area contributed by atoms with Crippen LogP contribution < -0.4 is 5.32 Å². The predicted molar refractivity (Wildman–Crippen MR) is 67.0 cm³/mol. The molecule has 1 rings (SSSR count). The van der Waals surface area contributed by atoms with Gasteiger partial charge in [0.05, 0.1) is 0 Å². The van der Waals surface area contributed by atoms with E-state index in [0.29, 0.717) is 5.41 Å². The molecule has 0 aromatic heterocycles. The molecule has 0 spiro atoms. The van der Waals surface area contributed by atoms with E-state index in [4.69, 9.17) is 0 Å². The van der Waals surface area contributed by atoms with Gasteiger partial charge in [-0.25, -0.2) is 0 Å². The third kappa shape index (κ3) is 4.22. The van der Waals surface area contributed by atoms with Crippen LogP contribution in [0.4, 0.5) is 0 Å². The first-order valence-electron chi connectivity index (χ1n) is 5.80. The van der Waals surface area contributed by atoms with Crippen LogP contribution in [-0.4, -0.2) is 24.1 Å². The predicted octanol–water partition coefficient (Wildman–Crippen LogP) is 3.30. The van der Waals surface area contributed by atoms with Crippen LogP contribution in [0.1, 0.15) is 46.5 Å². The van der Waals surface area contributed by atoms with Crippen molar-refractivity contribution in [1.29, 1.82) is 0 Å². The Balaban J connectivity index is 2.16. The zero-order valence-corrected chi connectivity index (χ0v) is 10.9. The molecule has 0 bridgehead atoms. The Labute approximate surface area is 93.4 Å². The number of hydrogen-bond donors (Lipinski definition) is 1. The van der Waals surface area contributed by atoms with Gasteiger partial charge in [0.2, 0.25) is 0 Å². The second-order valence-electron chi connectivity index (χ2n) is 5.39. The van der Waals surface area contributed by atoms with E-state index >= 15 is 0 Å². The molecular weight excluding hydrogens is 190 g/mol. The standard InChI is InChI=1S/C12H25NS/c1-10(14-4)9-13-11-5-7-12(2,3)8-6-11/h10-11,13H,5-9H2,1-4H3. The van der Waals surface area contributed by atoms with Gasteiger partial charge >= 0.3 is 0 Å². The number of rotatable bonds is 4. The summed E-state index contributed by atoms with van der Waals surface area (Å²) in [7, 11) is 0. The molecule has 1 unspecified atom stereocenters. The van der Waals surface area contributed by atoms with Gasteiger partial charge in [-0.2, -0.15) is 11.8 Å². The average molecular weight is 215 g/mol. The minimum atomic E-state index is 0.600. The van der Waals surface area contributed by atoms with Crippen LogP contribution in [0.15, 0.2) is 0 Å². The minimum absolute atomic E-state index is 0.600. The molecule has 1 aliphatic carbocycles. The van der Waals surface area contributed by atoms with Crippen molar-refractivity contribution in [1.82, 2.24) is 5.32 Å². The number of hydrogen-bond acceptors (Lipinski definition) is 2. The Hall–Kier alpha value is 0.310. The Bertz CT molecular complexity index is 158. The summed E-state index contributed by atoms with van der Waals surface area (Å²) >= 11 is 1.95. The van der Waals surface area contributed by atoms with Gasteiger partial charge in [0.1, 0.15) is 0 Å². The summed E-state index contributed by atoms with van der Waals surface area (Å²) in [5, 5.41) is 4.44. The second kappa shape index (κ2) is 5.41. The third-order valence-electron chi connectivity index (χ3n) is 3.44. The van der Waals surface area contributed by atoms with E-state index < -0.39 is 0 Å². The number of thioether (sulfide) groups is 1. The average Bonchev–Trinajstić information content (AvgIpc) is 2.16. The van der Waals surface area contributed by atoms with Gasteiger partial charge in [-0.3, -0.25) is 0 Å². The molecule has 1 saturated carbocycles. The molecule has 0 saturated heterocycles. The van der Waals surface area contributed by atoms with Crippen LogP contribution in [0.3, 0.4) is 0 Å². The summed E-state index contributed by atoms with van der Waals surface area (Å²) < 4.78 is 0. The summed E-state index contributed by atoms with van der Waals surface area (Å²) in [5.74, 6) is 0. The van der Waals surface area contributed by atoms with E-state index in [1.165, 1.54) is 32.2 Å². The van der Waals surface area contributed by atoms with Crippen LogP contribution in [-0.2, 0) is 0 Å². The lowest BCUT2D eigenvalue weighted by Gasteiger charge is -2.35. The molecule has 14 heavy (non-hydrogen) atoms. The van der Waals surface area contributed by atoms with Crippen LogP contribution >= 0.6 is 11.8 Å². The first-order chi connectivity index (χ1) is 6.53. The van der Waals surface area contributed by atoms with Crippen molar-refractivity contribution in [2.75, 3.05) is 12.8 Å². The summed E-state index contributed by atoms with van der Waals surface area (Å²) in [6, 6.07) is 0.789. The zero-order valence-electron chi connectivity index (χ0n) is 10.1. The fourth-order valence-electron chi connectivity index (χ4n) is 2.02. The molecule has 0 heterocycles.